The van der Waals surface area contributed by atoms with Gasteiger partial charge in [-0.25, -0.2) is 23.9 Å². The largest absolute Gasteiger partial charge is 0.488 e. The standard InChI is InChI=1S/C13H15N3O2.C11H13NO3.C10H17N3O2.C10H9NO2S/c1-10-8-12(9-15(2)13(17)18)16(14-10)11-6-4-3-5-7-11;1-7-6-8-4-3-5-9(10(8)15-7)12(2)11(13)14;1-7(2)13-9(5-8(3)11-13)6-12(4)10(14)15;1-11-10(12)13-8-3-2-4-9-7(8)5-6-14-9/h3-8H,9H2,1-2H3,(H,17,18);3-5,7H,6H2,1-2H3,(H,13,14);5,7H,6H2,1-4H3,(H,14,15);2-6H,1H3,(H,11,12). The minimum absolute atomic E-state index is 0.128. The Labute approximate surface area is 364 Å². The van der Waals surface area contributed by atoms with E-state index in [0.717, 1.165) is 50.5 Å². The molecule has 0 saturated carbocycles. The van der Waals surface area contributed by atoms with Gasteiger partial charge in [-0.3, -0.25) is 9.58 Å². The van der Waals surface area contributed by atoms with Crippen molar-refractivity contribution < 1.29 is 44.0 Å². The lowest BCUT2D eigenvalue weighted by atomic mass is 10.1. The summed E-state index contributed by atoms with van der Waals surface area (Å²) < 4.78 is 15.4. The Kier molecular flexibility index (Phi) is 16.9. The molecule has 1 atom stereocenters. The molecular formula is C44H54N8O9S. The van der Waals surface area contributed by atoms with Crippen LogP contribution in [0.1, 0.15) is 55.2 Å². The Morgan fingerprint density at radius 2 is 1.45 bits per heavy atom. The van der Waals surface area contributed by atoms with E-state index in [-0.39, 0.29) is 12.1 Å². The fraction of sp³-hybridized carbons (Fsp3) is 0.318. The Hall–Kier alpha value is -7.08. The lowest BCUT2D eigenvalue weighted by Crippen LogP contribution is -2.25. The highest BCUT2D eigenvalue weighted by Crippen LogP contribution is 2.37. The quantitative estimate of drug-likeness (QED) is 0.114. The molecule has 3 aromatic heterocycles. The van der Waals surface area contributed by atoms with Gasteiger partial charge in [-0.15, -0.1) is 11.3 Å². The smallest absolute Gasteiger partial charge is 0.412 e. The van der Waals surface area contributed by atoms with Crippen LogP contribution >= 0.6 is 11.3 Å². The summed E-state index contributed by atoms with van der Waals surface area (Å²) in [6, 6.07) is 26.9. The molecule has 0 aliphatic carbocycles. The number of ether oxygens (including phenoxy) is 2. The Bertz CT molecular complexity index is 2450. The van der Waals surface area contributed by atoms with Gasteiger partial charge in [0, 0.05) is 50.7 Å². The summed E-state index contributed by atoms with van der Waals surface area (Å²) in [5.74, 6) is 1.30. The van der Waals surface area contributed by atoms with Crippen molar-refractivity contribution >= 4 is 51.5 Å². The summed E-state index contributed by atoms with van der Waals surface area (Å²) in [4.78, 5) is 47.1. The first kappa shape index (κ1) is 47.6. The number of rotatable bonds is 8. The average Bonchev–Trinajstić information content (AvgIpc) is 4.04. The molecule has 4 amide bonds. The second kappa shape index (κ2) is 22.0. The molecule has 0 saturated heterocycles. The lowest BCUT2D eigenvalue weighted by molar-refractivity contribution is 0.151. The van der Waals surface area contributed by atoms with Crippen molar-refractivity contribution in [1.82, 2.24) is 34.7 Å². The van der Waals surface area contributed by atoms with E-state index in [4.69, 9.17) is 24.8 Å². The van der Waals surface area contributed by atoms with E-state index in [9.17, 15) is 19.2 Å². The zero-order chi connectivity index (χ0) is 45.7. The highest BCUT2D eigenvalue weighted by molar-refractivity contribution is 7.17. The second-order valence-electron chi connectivity index (χ2n) is 14.6. The number of aryl methyl sites for hydroxylation is 2. The third kappa shape index (κ3) is 13.0. The zero-order valence-electron chi connectivity index (χ0n) is 36.3. The maximum Gasteiger partial charge on any atom is 0.412 e. The van der Waals surface area contributed by atoms with Crippen LogP contribution in [0.4, 0.5) is 24.9 Å². The number of aromatic nitrogens is 4. The summed E-state index contributed by atoms with van der Waals surface area (Å²) in [7, 11) is 6.15. The third-order valence-corrected chi connectivity index (χ3v) is 10.1. The van der Waals surface area contributed by atoms with Gasteiger partial charge < -0.3 is 39.9 Å². The number of fused-ring (bicyclic) bond motifs is 2. The first-order chi connectivity index (χ1) is 29.4. The van der Waals surface area contributed by atoms with Crippen LogP contribution in [-0.2, 0) is 19.5 Å². The number of carboxylic acid groups (broad SMARTS) is 3. The number of hydrogen-bond acceptors (Lipinski definition) is 9. The van der Waals surface area contributed by atoms with Crippen LogP contribution in [0.3, 0.4) is 0 Å². The molecule has 1 aliphatic heterocycles. The van der Waals surface area contributed by atoms with Crippen LogP contribution in [0.5, 0.6) is 11.5 Å². The van der Waals surface area contributed by atoms with Crippen molar-refractivity contribution in [2.75, 3.05) is 33.1 Å². The van der Waals surface area contributed by atoms with Crippen molar-refractivity contribution in [1.29, 1.82) is 0 Å². The van der Waals surface area contributed by atoms with Crippen molar-refractivity contribution in [2.45, 2.75) is 66.3 Å². The van der Waals surface area contributed by atoms with Gasteiger partial charge in [-0.1, -0.05) is 36.4 Å². The summed E-state index contributed by atoms with van der Waals surface area (Å²) >= 11 is 1.62. The van der Waals surface area contributed by atoms with E-state index in [1.54, 1.807) is 42.2 Å². The number of anilines is 1. The van der Waals surface area contributed by atoms with E-state index in [2.05, 4.69) is 15.5 Å². The molecule has 0 fully saturated rings. The molecule has 0 radical (unpaired) electrons. The molecule has 17 nitrogen and oxygen atoms in total. The molecule has 330 valence electrons. The average molecular weight is 871 g/mol. The SMILES string of the molecule is CC1Cc2cccc(N(C)C(=O)O)c2O1.CNC(=O)Oc1cccc2sccc12.Cc1cc(CN(C)C(=O)O)n(-c2ccccc2)n1.Cc1cc(CN(C)C(=O)O)n(C(C)C)n1. The van der Waals surface area contributed by atoms with Crippen LogP contribution < -0.4 is 19.7 Å². The van der Waals surface area contributed by atoms with E-state index < -0.39 is 24.4 Å². The summed E-state index contributed by atoms with van der Waals surface area (Å²) in [5.41, 5.74) is 6.18. The first-order valence-corrected chi connectivity index (χ1v) is 20.4. The zero-order valence-corrected chi connectivity index (χ0v) is 37.1. The second-order valence-corrected chi connectivity index (χ2v) is 15.5. The predicted octanol–water partition coefficient (Wildman–Crippen LogP) is 8.92. The van der Waals surface area contributed by atoms with Crippen LogP contribution in [0.25, 0.3) is 15.8 Å². The van der Waals surface area contributed by atoms with Crippen molar-refractivity contribution in [2.24, 2.45) is 0 Å². The van der Waals surface area contributed by atoms with Crippen molar-refractivity contribution in [3.05, 3.63) is 119 Å². The molecule has 0 spiro atoms. The van der Waals surface area contributed by atoms with Gasteiger partial charge in [0.15, 0.2) is 0 Å². The summed E-state index contributed by atoms with van der Waals surface area (Å²) in [5, 5.41) is 40.7. The van der Waals surface area contributed by atoms with E-state index >= 15 is 0 Å². The predicted molar refractivity (Wildman–Crippen MR) is 238 cm³/mol. The topological polar surface area (TPSA) is 205 Å². The highest BCUT2D eigenvalue weighted by Gasteiger charge is 2.25. The van der Waals surface area contributed by atoms with Gasteiger partial charge >= 0.3 is 24.4 Å². The summed E-state index contributed by atoms with van der Waals surface area (Å²) in [6.45, 7) is 10.5. The maximum absolute atomic E-state index is 11.0. The number of carbonyl (C=O) groups excluding carboxylic acids is 1. The molecule has 6 aromatic rings. The van der Waals surface area contributed by atoms with E-state index in [1.165, 1.54) is 28.8 Å². The molecule has 7 rings (SSSR count). The minimum atomic E-state index is -0.980. The number of carbonyl (C=O) groups is 4. The van der Waals surface area contributed by atoms with Gasteiger partial charge in [-0.05, 0) is 94.1 Å². The Morgan fingerprint density at radius 3 is 2.06 bits per heavy atom. The van der Waals surface area contributed by atoms with E-state index in [0.29, 0.717) is 30.3 Å². The molecule has 18 heteroatoms. The number of para-hydroxylation sites is 2. The highest BCUT2D eigenvalue weighted by atomic mass is 32.1. The lowest BCUT2D eigenvalue weighted by Gasteiger charge is -2.16. The van der Waals surface area contributed by atoms with Crippen molar-refractivity contribution in [3.63, 3.8) is 0 Å². The molecule has 4 heterocycles. The molecule has 4 N–H and O–H groups in total. The normalized spacial score (nSPS) is 12.3. The number of hydrogen-bond donors (Lipinski definition) is 4. The Morgan fingerprint density at radius 1 is 0.839 bits per heavy atom. The number of thiophene rings is 1. The monoisotopic (exact) mass is 870 g/mol. The third-order valence-electron chi connectivity index (χ3n) is 9.19. The number of nitrogens with zero attached hydrogens (tertiary/aromatic N) is 7. The molecule has 0 bridgehead atoms. The van der Waals surface area contributed by atoms with Crippen LogP contribution in [0.15, 0.2) is 90.3 Å². The number of amides is 4. The fourth-order valence-corrected chi connectivity index (χ4v) is 7.01. The Balaban J connectivity index is 0.000000183. The van der Waals surface area contributed by atoms with Crippen LogP contribution in [-0.4, -0.2) is 103 Å². The van der Waals surface area contributed by atoms with Gasteiger partial charge in [0.05, 0.1) is 47.2 Å². The van der Waals surface area contributed by atoms with Crippen LogP contribution in [0.2, 0.25) is 0 Å². The first-order valence-electron chi connectivity index (χ1n) is 19.5. The molecule has 3 aromatic carbocycles. The number of nitrogens with one attached hydrogen (secondary N) is 1. The molecule has 1 aliphatic rings. The van der Waals surface area contributed by atoms with Crippen LogP contribution in [0, 0.1) is 13.8 Å². The molecule has 1 unspecified atom stereocenters. The van der Waals surface area contributed by atoms with Gasteiger partial charge in [0.25, 0.3) is 0 Å². The number of benzene rings is 3. The molecular weight excluding hydrogens is 817 g/mol. The molecule has 62 heavy (non-hydrogen) atoms. The van der Waals surface area contributed by atoms with E-state index in [1.807, 2.05) is 117 Å². The summed E-state index contributed by atoms with van der Waals surface area (Å²) in [6.07, 6.45) is -2.33. The maximum atomic E-state index is 11.0. The van der Waals surface area contributed by atoms with Gasteiger partial charge in [-0.2, -0.15) is 10.2 Å². The van der Waals surface area contributed by atoms with Crippen molar-refractivity contribution in [3.8, 4) is 17.2 Å². The minimum Gasteiger partial charge on any atom is -0.488 e. The van der Waals surface area contributed by atoms with Gasteiger partial charge in [0.2, 0.25) is 0 Å². The fourth-order valence-electron chi connectivity index (χ4n) is 6.21. The van der Waals surface area contributed by atoms with Gasteiger partial charge in [0.1, 0.15) is 17.6 Å².